The number of hydrogen-bond donors (Lipinski definition) is 2. The summed E-state index contributed by atoms with van der Waals surface area (Å²) in [6, 6.07) is 1.68. The predicted octanol–water partition coefficient (Wildman–Crippen LogP) is 0.189. The molecule has 0 saturated carbocycles. The van der Waals surface area contributed by atoms with Crippen molar-refractivity contribution in [2.75, 3.05) is 6.54 Å². The summed E-state index contributed by atoms with van der Waals surface area (Å²) >= 11 is 0. The number of carboxylic acids is 1. The van der Waals surface area contributed by atoms with Gasteiger partial charge in [-0.2, -0.15) is 0 Å². The Hall–Kier alpha value is -2.11. The van der Waals surface area contributed by atoms with E-state index in [0.29, 0.717) is 5.56 Å². The van der Waals surface area contributed by atoms with Gasteiger partial charge < -0.3 is 15.0 Å². The lowest BCUT2D eigenvalue weighted by atomic mass is 10.1. The van der Waals surface area contributed by atoms with Crippen molar-refractivity contribution in [2.24, 2.45) is 7.05 Å². The van der Waals surface area contributed by atoms with Crippen LogP contribution >= 0.6 is 0 Å². The van der Waals surface area contributed by atoms with Gasteiger partial charge in [0, 0.05) is 37.8 Å². The number of hydrogen-bond acceptors (Lipinski definition) is 3. The van der Waals surface area contributed by atoms with E-state index in [2.05, 4.69) is 5.32 Å². The minimum absolute atomic E-state index is 0.001000. The average Bonchev–Trinajstić information content (AvgIpc) is 2.70. The molecule has 2 N–H and O–H groups in total. The number of aromatic nitrogens is 1. The molecule has 0 radical (unpaired) electrons. The molecular formula is C11H14N2O4. The molecule has 1 aromatic rings. The predicted molar refractivity (Wildman–Crippen MR) is 59.6 cm³/mol. The van der Waals surface area contributed by atoms with Gasteiger partial charge in [-0.25, -0.2) is 0 Å². The van der Waals surface area contributed by atoms with Crippen molar-refractivity contribution >= 4 is 17.7 Å². The van der Waals surface area contributed by atoms with Crippen LogP contribution < -0.4 is 5.32 Å². The topological polar surface area (TPSA) is 88.4 Å². The number of carbonyl (C=O) groups excluding carboxylic acids is 2. The molecule has 0 saturated heterocycles. The summed E-state index contributed by atoms with van der Waals surface area (Å²) < 4.78 is 1.75. The van der Waals surface area contributed by atoms with E-state index in [1.807, 2.05) is 0 Å². The van der Waals surface area contributed by atoms with Crippen molar-refractivity contribution in [2.45, 2.75) is 12.8 Å². The molecule has 17 heavy (non-hydrogen) atoms. The summed E-state index contributed by atoms with van der Waals surface area (Å²) in [6.07, 6.45) is 3.51. The Morgan fingerprint density at radius 2 is 2.06 bits per heavy atom. The number of Topliss-reactive ketones (excluding diaryl/α,β-unsaturated/α-hetero) is 1. The first kappa shape index (κ1) is 13.0. The molecule has 1 rings (SSSR count). The SMILES string of the molecule is Cn1ccc(C(=O)CCC(=O)NCC(=O)O)c1. The second kappa shape index (κ2) is 5.83. The van der Waals surface area contributed by atoms with E-state index in [1.165, 1.54) is 0 Å². The Kier molecular flexibility index (Phi) is 4.45. The van der Waals surface area contributed by atoms with Crippen LogP contribution in [0.2, 0.25) is 0 Å². The van der Waals surface area contributed by atoms with Crippen LogP contribution in [0.3, 0.4) is 0 Å². The lowest BCUT2D eigenvalue weighted by Gasteiger charge is -2.01. The highest BCUT2D eigenvalue weighted by atomic mass is 16.4. The van der Waals surface area contributed by atoms with Crippen LogP contribution in [0.1, 0.15) is 23.2 Å². The van der Waals surface area contributed by atoms with Crippen LogP contribution in [0.25, 0.3) is 0 Å². The second-order valence-corrected chi connectivity index (χ2v) is 3.66. The van der Waals surface area contributed by atoms with E-state index < -0.39 is 18.4 Å². The number of aryl methyl sites for hydroxylation is 1. The monoisotopic (exact) mass is 238 g/mol. The fourth-order valence-corrected chi connectivity index (χ4v) is 1.30. The van der Waals surface area contributed by atoms with Crippen LogP contribution in [0.15, 0.2) is 18.5 Å². The number of aliphatic carboxylic acids is 1. The second-order valence-electron chi connectivity index (χ2n) is 3.66. The molecular weight excluding hydrogens is 224 g/mol. The van der Waals surface area contributed by atoms with Gasteiger partial charge in [0.25, 0.3) is 0 Å². The van der Waals surface area contributed by atoms with Crippen LogP contribution in [0, 0.1) is 0 Å². The Balaban J connectivity index is 2.33. The summed E-state index contributed by atoms with van der Waals surface area (Å²) in [5.74, 6) is -1.67. The van der Waals surface area contributed by atoms with E-state index in [-0.39, 0.29) is 18.6 Å². The minimum atomic E-state index is -1.10. The van der Waals surface area contributed by atoms with Crippen LogP contribution in [0.5, 0.6) is 0 Å². The molecule has 0 aliphatic carbocycles. The highest BCUT2D eigenvalue weighted by Crippen LogP contribution is 2.05. The number of ketones is 1. The molecule has 0 aliphatic rings. The maximum Gasteiger partial charge on any atom is 0.322 e. The molecule has 6 nitrogen and oxygen atoms in total. The van der Waals surface area contributed by atoms with Crippen molar-refractivity contribution in [3.05, 3.63) is 24.0 Å². The number of rotatable bonds is 6. The zero-order chi connectivity index (χ0) is 12.8. The molecule has 0 spiro atoms. The molecule has 0 atom stereocenters. The average molecular weight is 238 g/mol. The lowest BCUT2D eigenvalue weighted by molar-refractivity contribution is -0.137. The van der Waals surface area contributed by atoms with Crippen molar-refractivity contribution in [1.82, 2.24) is 9.88 Å². The van der Waals surface area contributed by atoms with Gasteiger partial charge in [0.1, 0.15) is 6.54 Å². The zero-order valence-corrected chi connectivity index (χ0v) is 9.47. The third-order valence-corrected chi connectivity index (χ3v) is 2.17. The first-order valence-electron chi connectivity index (χ1n) is 5.12. The van der Waals surface area contributed by atoms with Gasteiger partial charge >= 0.3 is 5.97 Å². The molecule has 1 amide bonds. The van der Waals surface area contributed by atoms with Crippen LogP contribution in [-0.4, -0.2) is 33.9 Å². The molecule has 1 heterocycles. The fourth-order valence-electron chi connectivity index (χ4n) is 1.30. The fraction of sp³-hybridized carbons (Fsp3) is 0.364. The van der Waals surface area contributed by atoms with E-state index in [9.17, 15) is 14.4 Å². The van der Waals surface area contributed by atoms with Gasteiger partial charge in [-0.3, -0.25) is 14.4 Å². The molecule has 0 aliphatic heterocycles. The first-order valence-corrected chi connectivity index (χ1v) is 5.12. The van der Waals surface area contributed by atoms with Gasteiger partial charge in [-0.1, -0.05) is 0 Å². The third kappa shape index (κ3) is 4.50. The lowest BCUT2D eigenvalue weighted by Crippen LogP contribution is -2.29. The van der Waals surface area contributed by atoms with Crippen molar-refractivity contribution in [1.29, 1.82) is 0 Å². The highest BCUT2D eigenvalue weighted by Gasteiger charge is 2.10. The van der Waals surface area contributed by atoms with E-state index >= 15 is 0 Å². The number of nitrogens with zero attached hydrogens (tertiary/aromatic N) is 1. The number of amides is 1. The summed E-state index contributed by atoms with van der Waals surface area (Å²) in [5.41, 5.74) is 0.554. The molecule has 0 aromatic carbocycles. The summed E-state index contributed by atoms with van der Waals surface area (Å²) in [6.45, 7) is -0.418. The minimum Gasteiger partial charge on any atom is -0.480 e. The van der Waals surface area contributed by atoms with Crippen LogP contribution in [0.4, 0.5) is 0 Å². The van der Waals surface area contributed by atoms with E-state index in [1.54, 1.807) is 30.1 Å². The van der Waals surface area contributed by atoms with Gasteiger partial charge in [-0.05, 0) is 6.07 Å². The molecule has 0 unspecified atom stereocenters. The molecule has 0 fully saturated rings. The van der Waals surface area contributed by atoms with Crippen LogP contribution in [-0.2, 0) is 16.6 Å². The molecule has 0 bridgehead atoms. The Bertz CT molecular complexity index is 436. The Morgan fingerprint density at radius 3 is 2.59 bits per heavy atom. The first-order chi connectivity index (χ1) is 7.99. The summed E-state index contributed by atoms with van der Waals surface area (Å²) in [5, 5.41) is 10.5. The Morgan fingerprint density at radius 1 is 1.35 bits per heavy atom. The van der Waals surface area contributed by atoms with Gasteiger partial charge in [0.15, 0.2) is 5.78 Å². The molecule has 1 aromatic heterocycles. The smallest absolute Gasteiger partial charge is 0.322 e. The van der Waals surface area contributed by atoms with Gasteiger partial charge in [-0.15, -0.1) is 0 Å². The van der Waals surface area contributed by atoms with Crippen molar-refractivity contribution in [3.63, 3.8) is 0 Å². The normalized spacial score (nSPS) is 9.94. The highest BCUT2D eigenvalue weighted by molar-refractivity contribution is 5.98. The van der Waals surface area contributed by atoms with E-state index in [0.717, 1.165) is 0 Å². The van der Waals surface area contributed by atoms with Gasteiger partial charge in [0.2, 0.25) is 5.91 Å². The molecule has 6 heteroatoms. The number of carbonyl (C=O) groups is 3. The summed E-state index contributed by atoms with van der Waals surface area (Å²) in [7, 11) is 1.80. The van der Waals surface area contributed by atoms with Crippen molar-refractivity contribution < 1.29 is 19.5 Å². The maximum atomic E-state index is 11.6. The third-order valence-electron chi connectivity index (χ3n) is 2.17. The standard InChI is InChI=1S/C11H14N2O4/c1-13-5-4-8(7-13)9(14)2-3-10(15)12-6-11(16)17/h4-5,7H,2-3,6H2,1H3,(H,12,15)(H,16,17). The van der Waals surface area contributed by atoms with Gasteiger partial charge in [0.05, 0.1) is 0 Å². The Labute approximate surface area is 98.2 Å². The number of carboxylic acid groups (broad SMARTS) is 1. The number of nitrogens with one attached hydrogen (secondary N) is 1. The van der Waals surface area contributed by atoms with E-state index in [4.69, 9.17) is 5.11 Å². The molecule has 92 valence electrons. The van der Waals surface area contributed by atoms with Crippen molar-refractivity contribution in [3.8, 4) is 0 Å². The quantitative estimate of drug-likeness (QED) is 0.692. The largest absolute Gasteiger partial charge is 0.480 e. The summed E-state index contributed by atoms with van der Waals surface area (Å²) in [4.78, 5) is 32.9. The maximum absolute atomic E-state index is 11.6. The zero-order valence-electron chi connectivity index (χ0n) is 9.47.